The van der Waals surface area contributed by atoms with E-state index < -0.39 is 5.41 Å². The molecule has 0 unspecified atom stereocenters. The number of carbonyl (C=O) groups is 1. The number of carbonyl (C=O) groups excluding carboxylic acids is 1. The fourth-order valence-electron chi connectivity index (χ4n) is 2.08. The second-order valence-electron chi connectivity index (χ2n) is 6.46. The molecule has 0 aliphatic heterocycles. The first-order chi connectivity index (χ1) is 11.4. The number of nitrogens with zero attached hydrogens (tertiary/aromatic N) is 2. The molecule has 126 valence electrons. The van der Waals surface area contributed by atoms with Gasteiger partial charge in [-0.1, -0.05) is 32.5 Å². The van der Waals surface area contributed by atoms with Gasteiger partial charge in [0.05, 0.1) is 24.1 Å². The highest BCUT2D eigenvalue weighted by atomic mass is 32.2. The number of thioether (sulfide) groups is 1. The number of furan rings is 1. The van der Waals surface area contributed by atoms with Crippen molar-refractivity contribution in [2.24, 2.45) is 5.41 Å². The van der Waals surface area contributed by atoms with E-state index in [2.05, 4.69) is 4.98 Å². The number of thiophene rings is 1. The van der Waals surface area contributed by atoms with Gasteiger partial charge in [-0.25, -0.2) is 4.98 Å². The first kappa shape index (κ1) is 17.0. The number of Topliss-reactive ketones (excluding diaryl/α,β-unsaturated/α-hetero) is 1. The third kappa shape index (κ3) is 3.47. The molecule has 3 aromatic heterocycles. The van der Waals surface area contributed by atoms with Gasteiger partial charge in [-0.2, -0.15) is 0 Å². The van der Waals surface area contributed by atoms with Crippen molar-refractivity contribution in [3.05, 3.63) is 46.0 Å². The summed E-state index contributed by atoms with van der Waals surface area (Å²) < 4.78 is 7.56. The third-order valence-electron chi connectivity index (χ3n) is 3.59. The van der Waals surface area contributed by atoms with Crippen LogP contribution in [0.25, 0.3) is 10.2 Å². The molecular weight excluding hydrogens is 344 g/mol. The highest BCUT2D eigenvalue weighted by molar-refractivity contribution is 7.99. The van der Waals surface area contributed by atoms with Crippen LogP contribution in [0.15, 0.2) is 44.2 Å². The quantitative estimate of drug-likeness (QED) is 0.510. The maximum absolute atomic E-state index is 12.8. The zero-order chi connectivity index (χ0) is 17.3. The number of hydrogen-bond donors (Lipinski definition) is 0. The number of hydrogen-bond acceptors (Lipinski definition) is 6. The monoisotopic (exact) mass is 362 g/mol. The second-order valence-corrected chi connectivity index (χ2v) is 8.32. The molecule has 3 aromatic rings. The molecular formula is C17H18N2O3S2. The van der Waals surface area contributed by atoms with Gasteiger partial charge >= 0.3 is 0 Å². The zero-order valence-corrected chi connectivity index (χ0v) is 15.4. The Kier molecular flexibility index (Phi) is 4.64. The molecule has 3 heterocycles. The van der Waals surface area contributed by atoms with Gasteiger partial charge in [-0.15, -0.1) is 11.3 Å². The van der Waals surface area contributed by atoms with E-state index in [1.54, 1.807) is 16.9 Å². The van der Waals surface area contributed by atoms with Crippen LogP contribution in [0.4, 0.5) is 0 Å². The van der Waals surface area contributed by atoms with Gasteiger partial charge in [0.25, 0.3) is 5.56 Å². The van der Waals surface area contributed by atoms with Crippen LogP contribution in [-0.2, 0) is 11.3 Å². The largest absolute Gasteiger partial charge is 0.467 e. The summed E-state index contributed by atoms with van der Waals surface area (Å²) >= 11 is 2.68. The van der Waals surface area contributed by atoms with Crippen molar-refractivity contribution < 1.29 is 9.21 Å². The van der Waals surface area contributed by atoms with Gasteiger partial charge < -0.3 is 4.42 Å². The molecule has 0 atom stereocenters. The van der Waals surface area contributed by atoms with Gasteiger partial charge in [-0.05, 0) is 23.6 Å². The zero-order valence-electron chi connectivity index (χ0n) is 13.7. The Balaban J connectivity index is 1.98. The Labute approximate surface area is 147 Å². The number of ketones is 1. The summed E-state index contributed by atoms with van der Waals surface area (Å²) in [7, 11) is 0. The topological polar surface area (TPSA) is 65.1 Å². The molecule has 0 saturated carbocycles. The van der Waals surface area contributed by atoms with E-state index in [0.29, 0.717) is 27.7 Å². The summed E-state index contributed by atoms with van der Waals surface area (Å²) in [5.41, 5.74) is 0.162. The minimum atomic E-state index is -0.411. The lowest BCUT2D eigenvalue weighted by Crippen LogP contribution is -2.25. The highest BCUT2D eigenvalue weighted by Gasteiger charge is 2.22. The molecule has 0 aliphatic carbocycles. The smallest absolute Gasteiger partial charge is 0.272 e. The number of aromatic nitrogens is 2. The van der Waals surface area contributed by atoms with Crippen molar-refractivity contribution in [3.8, 4) is 0 Å². The maximum Gasteiger partial charge on any atom is 0.272 e. The van der Waals surface area contributed by atoms with Crippen molar-refractivity contribution >= 4 is 39.1 Å². The molecule has 0 aromatic carbocycles. The predicted octanol–water partition coefficient (Wildman–Crippen LogP) is 3.81. The normalized spacial score (nSPS) is 12.0. The first-order valence-corrected chi connectivity index (χ1v) is 9.39. The summed E-state index contributed by atoms with van der Waals surface area (Å²) in [5.74, 6) is 1.08. The van der Waals surface area contributed by atoms with Crippen LogP contribution < -0.4 is 5.56 Å². The van der Waals surface area contributed by atoms with Crippen molar-refractivity contribution in [2.45, 2.75) is 32.5 Å². The standard InChI is InChI=1S/C17H18N2O3S2/c1-17(2,3)13(20)10-24-16-18-12-6-8-23-14(12)15(21)19(16)9-11-5-4-7-22-11/h4-8H,9-10H2,1-3H3. The molecule has 7 heteroatoms. The summed E-state index contributed by atoms with van der Waals surface area (Å²) in [6.07, 6.45) is 1.58. The molecule has 0 radical (unpaired) electrons. The summed E-state index contributed by atoms with van der Waals surface area (Å²) in [4.78, 5) is 29.6. The van der Waals surface area contributed by atoms with E-state index in [9.17, 15) is 9.59 Å². The third-order valence-corrected chi connectivity index (χ3v) is 5.46. The van der Waals surface area contributed by atoms with Crippen LogP contribution in [0.1, 0.15) is 26.5 Å². The Morgan fingerprint density at radius 3 is 2.83 bits per heavy atom. The molecule has 3 rings (SSSR count). The van der Waals surface area contributed by atoms with Crippen LogP contribution in [0.3, 0.4) is 0 Å². The maximum atomic E-state index is 12.8. The van der Waals surface area contributed by atoms with Crippen LogP contribution in [0.2, 0.25) is 0 Å². The van der Waals surface area contributed by atoms with Crippen LogP contribution >= 0.6 is 23.1 Å². The molecule has 5 nitrogen and oxygen atoms in total. The SMILES string of the molecule is CC(C)(C)C(=O)CSc1nc2ccsc2c(=O)n1Cc1ccco1. The Bertz CT molecular complexity index is 918. The Morgan fingerprint density at radius 1 is 1.38 bits per heavy atom. The van der Waals surface area contributed by atoms with Gasteiger partial charge in [-0.3, -0.25) is 14.2 Å². The van der Waals surface area contributed by atoms with Gasteiger partial charge in [0.1, 0.15) is 16.2 Å². The van der Waals surface area contributed by atoms with Crippen LogP contribution in [-0.4, -0.2) is 21.1 Å². The van der Waals surface area contributed by atoms with Crippen molar-refractivity contribution in [1.29, 1.82) is 0 Å². The lowest BCUT2D eigenvalue weighted by molar-refractivity contribution is -0.123. The van der Waals surface area contributed by atoms with Gasteiger partial charge in [0, 0.05) is 5.41 Å². The lowest BCUT2D eigenvalue weighted by Gasteiger charge is -2.16. The lowest BCUT2D eigenvalue weighted by atomic mass is 9.92. The second kappa shape index (κ2) is 6.57. The minimum absolute atomic E-state index is 0.0999. The van der Waals surface area contributed by atoms with E-state index in [4.69, 9.17) is 4.42 Å². The number of rotatable bonds is 5. The molecule has 0 bridgehead atoms. The van der Waals surface area contributed by atoms with E-state index in [0.717, 1.165) is 0 Å². The van der Waals surface area contributed by atoms with E-state index in [1.165, 1.54) is 23.1 Å². The fourth-order valence-corrected chi connectivity index (χ4v) is 4.02. The van der Waals surface area contributed by atoms with Gasteiger partial charge in [0.15, 0.2) is 5.16 Å². The first-order valence-electron chi connectivity index (χ1n) is 7.53. The van der Waals surface area contributed by atoms with Crippen molar-refractivity contribution in [2.75, 3.05) is 5.75 Å². The average molecular weight is 362 g/mol. The van der Waals surface area contributed by atoms with E-state index in [-0.39, 0.29) is 17.1 Å². The minimum Gasteiger partial charge on any atom is -0.467 e. The molecule has 0 spiro atoms. The Hall–Kier alpha value is -1.86. The molecule has 0 N–H and O–H groups in total. The van der Waals surface area contributed by atoms with Gasteiger partial charge in [0.2, 0.25) is 0 Å². The summed E-state index contributed by atoms with van der Waals surface area (Å²) in [6.45, 7) is 5.97. The van der Waals surface area contributed by atoms with Crippen molar-refractivity contribution in [3.63, 3.8) is 0 Å². The molecule has 24 heavy (non-hydrogen) atoms. The van der Waals surface area contributed by atoms with Crippen LogP contribution in [0, 0.1) is 5.41 Å². The number of fused-ring (bicyclic) bond motifs is 1. The predicted molar refractivity (Wildman–Crippen MR) is 96.9 cm³/mol. The van der Waals surface area contributed by atoms with E-state index >= 15 is 0 Å². The van der Waals surface area contributed by atoms with Crippen LogP contribution in [0.5, 0.6) is 0 Å². The van der Waals surface area contributed by atoms with E-state index in [1.807, 2.05) is 38.3 Å². The summed E-state index contributed by atoms with van der Waals surface area (Å²) in [6, 6.07) is 5.43. The summed E-state index contributed by atoms with van der Waals surface area (Å²) in [5, 5.41) is 2.39. The Morgan fingerprint density at radius 2 is 2.17 bits per heavy atom. The fraction of sp³-hybridized carbons (Fsp3) is 0.353. The van der Waals surface area contributed by atoms with Crippen molar-refractivity contribution in [1.82, 2.24) is 9.55 Å². The molecule has 0 fully saturated rings. The molecule has 0 aliphatic rings. The highest BCUT2D eigenvalue weighted by Crippen LogP contribution is 2.24. The molecule has 0 saturated heterocycles. The molecule has 0 amide bonds. The average Bonchev–Trinajstić information content (AvgIpc) is 3.18.